The maximum Gasteiger partial charge on any atom is 0.249 e. The van der Waals surface area contributed by atoms with E-state index in [2.05, 4.69) is 114 Å². The van der Waals surface area contributed by atoms with Gasteiger partial charge in [-0.2, -0.15) is 0 Å². The predicted octanol–water partition coefficient (Wildman–Crippen LogP) is 10.9. The summed E-state index contributed by atoms with van der Waals surface area (Å²) in [7, 11) is 0. The van der Waals surface area contributed by atoms with Gasteiger partial charge in [0.2, 0.25) is 35.5 Å². The molecule has 4 amide bonds. The van der Waals surface area contributed by atoms with Crippen molar-refractivity contribution in [3.8, 4) is 34.0 Å². The van der Waals surface area contributed by atoms with Crippen LogP contribution in [0, 0.1) is 0 Å². The maximum absolute atomic E-state index is 12.8. The number of pyridine rings is 2. The van der Waals surface area contributed by atoms with E-state index in [1.54, 1.807) is 36.7 Å². The van der Waals surface area contributed by atoms with E-state index in [0.717, 1.165) is 202 Å². The number of para-hydroxylation sites is 2. The molecule has 6 atom stereocenters. The number of hydrogen-bond acceptors (Lipinski definition) is 25. The van der Waals surface area contributed by atoms with Crippen LogP contribution >= 0.6 is 0 Å². The fourth-order valence-corrected chi connectivity index (χ4v) is 19.2. The van der Waals surface area contributed by atoms with Crippen molar-refractivity contribution in [2.75, 3.05) is 90.0 Å². The molecule has 0 saturated carbocycles. The number of aldehydes is 1. The number of nitrogens with two attached hydrogens (primary N) is 2. The van der Waals surface area contributed by atoms with E-state index >= 15 is 0 Å². The first-order valence-electron chi connectivity index (χ1n) is 41.1. The number of phenolic OH excluding ortho intramolecular Hbond substituents is 2. The third-order valence-corrected chi connectivity index (χ3v) is 25.0. The number of nitrogens with zero attached hydrogens (tertiary/aromatic N) is 17. The zero-order valence-corrected chi connectivity index (χ0v) is 65.1. The van der Waals surface area contributed by atoms with Gasteiger partial charge in [-0.1, -0.05) is 43.8 Å². The number of phenols is 2. The van der Waals surface area contributed by atoms with E-state index in [1.165, 1.54) is 16.7 Å². The van der Waals surface area contributed by atoms with Crippen LogP contribution in [-0.2, 0) is 36.8 Å². The van der Waals surface area contributed by atoms with Crippen molar-refractivity contribution < 1.29 is 34.2 Å². The van der Waals surface area contributed by atoms with Crippen LogP contribution < -0.4 is 47.0 Å². The highest BCUT2D eigenvalue weighted by Crippen LogP contribution is 2.43. The van der Waals surface area contributed by atoms with Crippen LogP contribution in [0.15, 0.2) is 159 Å². The minimum absolute atomic E-state index is 0. The Balaban J connectivity index is 0.000000140. The molecule has 29 nitrogen and oxygen atoms in total. The number of hydrogen-bond donors (Lipinski definition) is 7. The molecule has 8 aliphatic heterocycles. The molecule has 8 aromatic heterocycles. The van der Waals surface area contributed by atoms with Crippen molar-refractivity contribution >= 4 is 109 Å². The maximum atomic E-state index is 12.8. The van der Waals surface area contributed by atoms with Crippen molar-refractivity contribution in [2.24, 2.45) is 0 Å². The summed E-state index contributed by atoms with van der Waals surface area (Å²) in [5.74, 6) is 2.82. The Kier molecular flexibility index (Phi) is 22.4. The number of fused-ring (bicyclic) bond motifs is 10. The summed E-state index contributed by atoms with van der Waals surface area (Å²) in [6.07, 6.45) is 26.2. The second-order valence-electron chi connectivity index (χ2n) is 32.1. The Morgan fingerprint density at radius 3 is 1.36 bits per heavy atom. The van der Waals surface area contributed by atoms with Crippen molar-refractivity contribution in [1.29, 1.82) is 0 Å². The standard InChI is InChI=1S/C44H47N11O3.C25H30N8O.C19H17N3O3.CH4/c45-41-38(22-35(50-51-41)33-6-1-2-8-39(33)56)53-25-30-10-11-31(26-53)54(30)44-47-23-29(24-48-44)28-15-19-52(20-16-28)18-4-5-27-9-12-36-34(21-27)32-7-3-17-46-42(32)55(36)37-13-14-40(57)49-43(37)58;26-24-22(11-21(30-31-24)20-3-1-2-4-23(20)34)32-14-18-5-6-19(15-32)33(18)25-28-12-17(13-29-25)16-7-9-27-10-8-16;23-10-2-3-12-5-6-15-14(11-12)13-4-1-9-20-18(13)22(15)16-7-8-17(24)21-19(16)25;/h1-3,6-9,12,17,21-24,28,30-31,37,56H,4-5,10-11,13-16,18-20,25-26H2,(H2,45,51)(H,49,57,58);1-4,11-13,16,18-19,27,34H,5-10,14-15H2,(H2,26,31);1,4-6,9-11,16H,2-3,7-8H2,(H,21,24,25);1H4. The molecule has 4 aromatic carbocycles. The zero-order valence-electron chi connectivity index (χ0n) is 65.1. The van der Waals surface area contributed by atoms with Gasteiger partial charge in [-0.15, -0.1) is 20.4 Å². The molecule has 29 heteroatoms. The summed E-state index contributed by atoms with van der Waals surface area (Å²) in [6.45, 7) is 8.52. The molecule has 0 radical (unpaired) electrons. The normalized spacial score (nSPS) is 21.0. The Morgan fingerprint density at radius 2 is 0.915 bits per heavy atom. The van der Waals surface area contributed by atoms with Gasteiger partial charge in [0.1, 0.15) is 41.2 Å². The largest absolute Gasteiger partial charge is 0.507 e. The van der Waals surface area contributed by atoms with Crippen LogP contribution in [0.25, 0.3) is 66.4 Å². The average Bonchev–Trinajstić information content (AvgIpc) is 1.60. The van der Waals surface area contributed by atoms with Gasteiger partial charge in [-0.05, 0) is 235 Å². The number of nitrogen functional groups attached to an aromatic ring is 2. The van der Waals surface area contributed by atoms with E-state index in [9.17, 15) is 34.2 Å². The van der Waals surface area contributed by atoms with Crippen LogP contribution in [0.2, 0.25) is 0 Å². The number of likely N-dealkylation sites (tertiary alicyclic amines) is 1. The number of carbonyl (C=O) groups is 5. The molecule has 12 aromatic rings. The highest BCUT2D eigenvalue weighted by Gasteiger charge is 2.44. The molecule has 4 bridgehead atoms. The van der Waals surface area contributed by atoms with Gasteiger partial charge in [-0.25, -0.2) is 29.9 Å². The number of nitrogens with one attached hydrogen (secondary N) is 3. The number of piperazine rings is 2. The van der Waals surface area contributed by atoms with Crippen LogP contribution in [0.4, 0.5) is 34.9 Å². The lowest BCUT2D eigenvalue weighted by molar-refractivity contribution is -0.137. The van der Waals surface area contributed by atoms with Crippen molar-refractivity contribution in [2.45, 2.75) is 158 Å². The highest BCUT2D eigenvalue weighted by atomic mass is 16.3. The Bertz CT molecular complexity index is 5700. The molecular formula is C89H98N22O7. The van der Waals surface area contributed by atoms with Gasteiger partial charge in [-0.3, -0.25) is 29.8 Å². The van der Waals surface area contributed by atoms with Gasteiger partial charge in [0.15, 0.2) is 11.6 Å². The van der Waals surface area contributed by atoms with Crippen LogP contribution in [-0.4, -0.2) is 188 Å². The van der Waals surface area contributed by atoms with Crippen LogP contribution in [0.5, 0.6) is 11.5 Å². The lowest BCUT2D eigenvalue weighted by atomic mass is 9.91. The summed E-state index contributed by atoms with van der Waals surface area (Å²) in [4.78, 5) is 99.8. The number of anilines is 6. The molecule has 6 unspecified atom stereocenters. The summed E-state index contributed by atoms with van der Waals surface area (Å²) in [5, 5.41) is 50.1. The fraction of sp³-hybridized carbons (Fsp3) is 0.382. The van der Waals surface area contributed by atoms with Gasteiger partial charge >= 0.3 is 0 Å². The van der Waals surface area contributed by atoms with Gasteiger partial charge in [0, 0.05) is 139 Å². The number of rotatable bonds is 17. The summed E-state index contributed by atoms with van der Waals surface area (Å²) >= 11 is 0. The highest BCUT2D eigenvalue weighted by molar-refractivity contribution is 6.10. The molecule has 8 aliphatic rings. The number of benzene rings is 4. The number of piperidine rings is 4. The number of imide groups is 2. The van der Waals surface area contributed by atoms with Crippen LogP contribution in [0.1, 0.15) is 143 Å². The third-order valence-electron chi connectivity index (χ3n) is 25.0. The first-order chi connectivity index (χ1) is 57.2. The molecule has 20 rings (SSSR count). The zero-order chi connectivity index (χ0) is 79.8. The number of aromatic nitrogens is 12. The smallest absolute Gasteiger partial charge is 0.249 e. The first-order valence-corrected chi connectivity index (χ1v) is 41.1. The number of aryl methyl sites for hydroxylation is 2. The molecule has 0 aliphatic carbocycles. The molecule has 9 N–H and O–H groups in total. The van der Waals surface area contributed by atoms with Gasteiger partial charge in [0.05, 0.1) is 33.8 Å². The van der Waals surface area contributed by atoms with E-state index in [4.69, 9.17) is 31.4 Å². The van der Waals surface area contributed by atoms with E-state index in [0.29, 0.717) is 96.6 Å². The lowest BCUT2D eigenvalue weighted by Gasteiger charge is -2.42. The second kappa shape index (κ2) is 33.9. The lowest BCUT2D eigenvalue weighted by Crippen LogP contribution is -2.54. The third kappa shape index (κ3) is 15.6. The first kappa shape index (κ1) is 77.9. The Labute approximate surface area is 682 Å². The summed E-state index contributed by atoms with van der Waals surface area (Å²) < 4.78 is 3.94. The monoisotopic (exact) mass is 1590 g/mol. The average molecular weight is 1590 g/mol. The topological polar surface area (TPSA) is 369 Å². The van der Waals surface area contributed by atoms with Gasteiger partial charge in [0.25, 0.3) is 0 Å². The van der Waals surface area contributed by atoms with Crippen molar-refractivity contribution in [3.63, 3.8) is 0 Å². The predicted molar refractivity (Wildman–Crippen MR) is 454 cm³/mol. The molecule has 8 saturated heterocycles. The molecule has 16 heterocycles. The second-order valence-corrected chi connectivity index (χ2v) is 32.1. The van der Waals surface area contributed by atoms with Crippen LogP contribution in [0.3, 0.4) is 0 Å². The fourth-order valence-electron chi connectivity index (χ4n) is 19.2. The van der Waals surface area contributed by atoms with E-state index in [-0.39, 0.29) is 54.6 Å². The molecule has 606 valence electrons. The summed E-state index contributed by atoms with van der Waals surface area (Å²) in [5.41, 5.74) is 25.1. The quantitative estimate of drug-likeness (QED) is 0.0329. The minimum atomic E-state index is -0.451. The van der Waals surface area contributed by atoms with E-state index in [1.807, 2.05) is 88.3 Å². The van der Waals surface area contributed by atoms with Crippen molar-refractivity contribution in [3.05, 3.63) is 181 Å². The number of carbonyl (C=O) groups excluding carboxylic acids is 5. The molecule has 0 spiro atoms. The minimum Gasteiger partial charge on any atom is -0.507 e. The molecular weight excluding hydrogens is 1490 g/mol. The molecule has 8 fully saturated rings. The number of aromatic hydroxyl groups is 2. The molecule has 118 heavy (non-hydrogen) atoms. The summed E-state index contributed by atoms with van der Waals surface area (Å²) in [6, 6.07) is 38.9. The number of amides is 4. The Morgan fingerprint density at radius 1 is 0.475 bits per heavy atom. The van der Waals surface area contributed by atoms with Crippen molar-refractivity contribution in [1.82, 2.24) is 80.3 Å². The van der Waals surface area contributed by atoms with E-state index < -0.39 is 12.1 Å². The van der Waals surface area contributed by atoms with Gasteiger partial charge < -0.3 is 65.4 Å². The Hall–Kier alpha value is -12.6. The SMILES string of the molecule is C.Nc1nnc(-c2ccccc2O)cc1N1CC2CCC(C1)N2c1ncc(C2CCN(CCCc3ccc4c(c3)c3cccnc3n4C3CCC(=O)NC3=O)CC2)cn1.Nc1nnc(-c2ccccc2O)cc1N1CC2CCC(C1)N2c1ncc(C2CCNCC2)cn1.O=CCCc1ccc2c(c1)c1cccnc1n2C1CCC(=O)NC1=O.